The first-order valence-electron chi connectivity index (χ1n) is 10.1. The number of nitrogens with zero attached hydrogens (tertiary/aromatic N) is 3. The summed E-state index contributed by atoms with van der Waals surface area (Å²) in [5.41, 5.74) is 2.28. The van der Waals surface area contributed by atoms with Crippen LogP contribution in [0, 0.1) is 0 Å². The second-order valence-electron chi connectivity index (χ2n) is 7.77. The zero-order chi connectivity index (χ0) is 21.0. The molecule has 1 aliphatic rings. The molecular formula is C21H32N4O2S2. The number of nitrogens with one attached hydrogen (secondary N) is 1. The summed E-state index contributed by atoms with van der Waals surface area (Å²) < 4.78 is 29.0. The average Bonchev–Trinajstić information content (AvgIpc) is 3.20. The van der Waals surface area contributed by atoms with Gasteiger partial charge in [-0.3, -0.25) is 4.90 Å². The maximum Gasteiger partial charge on any atom is 0.250 e. The molecule has 0 amide bonds. The summed E-state index contributed by atoms with van der Waals surface area (Å²) in [4.78, 5) is 7.85. The number of benzene rings is 1. The van der Waals surface area contributed by atoms with Crippen LogP contribution in [0.2, 0.25) is 0 Å². The second kappa shape index (κ2) is 9.57. The molecule has 2 heterocycles. The highest BCUT2D eigenvalue weighted by molar-refractivity contribution is 7.91. The van der Waals surface area contributed by atoms with Gasteiger partial charge in [0.15, 0.2) is 0 Å². The van der Waals surface area contributed by atoms with Crippen molar-refractivity contribution in [3.63, 3.8) is 0 Å². The van der Waals surface area contributed by atoms with Crippen LogP contribution in [-0.2, 0) is 16.4 Å². The van der Waals surface area contributed by atoms with E-state index in [2.05, 4.69) is 50.7 Å². The number of piperazine rings is 1. The molecule has 1 aromatic heterocycles. The highest BCUT2D eigenvalue weighted by Crippen LogP contribution is 2.26. The van der Waals surface area contributed by atoms with Gasteiger partial charge in [0.1, 0.15) is 4.21 Å². The predicted molar refractivity (Wildman–Crippen MR) is 121 cm³/mol. The molecule has 1 N–H and O–H groups in total. The van der Waals surface area contributed by atoms with Gasteiger partial charge in [-0.15, -0.1) is 11.3 Å². The monoisotopic (exact) mass is 436 g/mol. The molecule has 2 aromatic rings. The number of hydrogen-bond acceptors (Lipinski definition) is 6. The van der Waals surface area contributed by atoms with Gasteiger partial charge >= 0.3 is 0 Å². The van der Waals surface area contributed by atoms with Crippen LogP contribution >= 0.6 is 11.3 Å². The van der Waals surface area contributed by atoms with E-state index in [-0.39, 0.29) is 6.04 Å². The fourth-order valence-corrected chi connectivity index (χ4v) is 5.92. The van der Waals surface area contributed by atoms with Gasteiger partial charge in [0.2, 0.25) is 10.0 Å². The van der Waals surface area contributed by atoms with Crippen LogP contribution in [0.3, 0.4) is 0 Å². The Morgan fingerprint density at radius 3 is 2.28 bits per heavy atom. The van der Waals surface area contributed by atoms with E-state index >= 15 is 0 Å². The molecular weight excluding hydrogens is 404 g/mol. The van der Waals surface area contributed by atoms with Crippen LogP contribution in [0.5, 0.6) is 0 Å². The molecule has 0 radical (unpaired) electrons. The molecule has 29 heavy (non-hydrogen) atoms. The highest BCUT2D eigenvalue weighted by Gasteiger charge is 2.26. The molecule has 0 bridgehead atoms. The topological polar surface area (TPSA) is 55.9 Å². The average molecular weight is 437 g/mol. The van der Waals surface area contributed by atoms with E-state index in [4.69, 9.17) is 0 Å². The number of likely N-dealkylation sites (N-methyl/N-ethyl adjacent to an activating group) is 1. The van der Waals surface area contributed by atoms with E-state index in [0.717, 1.165) is 48.7 Å². The first-order valence-corrected chi connectivity index (χ1v) is 12.4. The minimum absolute atomic E-state index is 0.0142. The number of aryl methyl sites for hydroxylation is 1. The van der Waals surface area contributed by atoms with E-state index in [9.17, 15) is 8.42 Å². The molecule has 0 saturated carbocycles. The fourth-order valence-electron chi connectivity index (χ4n) is 3.54. The van der Waals surface area contributed by atoms with Gasteiger partial charge in [0.05, 0.1) is 0 Å². The summed E-state index contributed by atoms with van der Waals surface area (Å²) in [7, 11) is 2.67. The van der Waals surface area contributed by atoms with E-state index in [1.165, 1.54) is 11.3 Å². The molecule has 1 aliphatic heterocycles. The molecule has 1 atom stereocenters. The first-order chi connectivity index (χ1) is 13.8. The molecule has 160 valence electrons. The highest BCUT2D eigenvalue weighted by atomic mass is 32.2. The number of thiophene rings is 1. The minimum atomic E-state index is -3.50. The molecule has 1 aromatic carbocycles. The lowest BCUT2D eigenvalue weighted by molar-refractivity contribution is 0.113. The van der Waals surface area contributed by atoms with Crippen molar-refractivity contribution in [2.24, 2.45) is 0 Å². The summed E-state index contributed by atoms with van der Waals surface area (Å²) >= 11 is 1.35. The van der Waals surface area contributed by atoms with Crippen LogP contribution in [0.4, 0.5) is 5.69 Å². The second-order valence-corrected chi connectivity index (χ2v) is 10.9. The fraction of sp³-hybridized carbons (Fsp3) is 0.524. The van der Waals surface area contributed by atoms with Gasteiger partial charge in [-0.2, -0.15) is 0 Å². The quantitative estimate of drug-likeness (QED) is 0.690. The molecule has 1 unspecified atom stereocenters. The van der Waals surface area contributed by atoms with Crippen molar-refractivity contribution in [1.29, 1.82) is 0 Å². The Kier molecular flexibility index (Phi) is 7.34. The van der Waals surface area contributed by atoms with E-state index < -0.39 is 10.0 Å². The molecule has 0 spiro atoms. The van der Waals surface area contributed by atoms with Crippen molar-refractivity contribution in [3.8, 4) is 0 Å². The minimum Gasteiger partial charge on any atom is -0.378 e. The summed E-state index contributed by atoms with van der Waals surface area (Å²) in [6.45, 7) is 6.24. The summed E-state index contributed by atoms with van der Waals surface area (Å²) in [6, 6.07) is 12.1. The van der Waals surface area contributed by atoms with Gasteiger partial charge in [-0.05, 0) is 43.3 Å². The van der Waals surface area contributed by atoms with Crippen molar-refractivity contribution in [2.45, 2.75) is 23.6 Å². The van der Waals surface area contributed by atoms with E-state index in [1.54, 1.807) is 6.07 Å². The molecule has 1 saturated heterocycles. The van der Waals surface area contributed by atoms with Gasteiger partial charge < -0.3 is 9.80 Å². The summed E-state index contributed by atoms with van der Waals surface area (Å²) in [5.74, 6) is 0. The largest absolute Gasteiger partial charge is 0.378 e. The van der Waals surface area contributed by atoms with Crippen LogP contribution in [0.1, 0.15) is 23.4 Å². The Hall–Kier alpha value is -1.45. The van der Waals surface area contributed by atoms with Crippen molar-refractivity contribution in [1.82, 2.24) is 14.5 Å². The third-order valence-corrected chi connectivity index (χ3v) is 8.63. The lowest BCUT2D eigenvalue weighted by Crippen LogP contribution is -2.48. The predicted octanol–water partition coefficient (Wildman–Crippen LogP) is 2.64. The Morgan fingerprint density at radius 2 is 1.72 bits per heavy atom. The third-order valence-electron chi connectivity index (χ3n) is 5.49. The third kappa shape index (κ3) is 5.58. The molecule has 0 aliphatic carbocycles. The van der Waals surface area contributed by atoms with Crippen molar-refractivity contribution < 1.29 is 8.42 Å². The molecule has 6 nitrogen and oxygen atoms in total. The molecule has 1 fully saturated rings. The lowest BCUT2D eigenvalue weighted by Gasteiger charge is -2.38. The van der Waals surface area contributed by atoms with Crippen LogP contribution in [0.25, 0.3) is 0 Å². The zero-order valence-corrected chi connectivity index (χ0v) is 19.4. The maximum absolute atomic E-state index is 12.8. The Morgan fingerprint density at radius 1 is 1.07 bits per heavy atom. The van der Waals surface area contributed by atoms with E-state index in [0.29, 0.717) is 10.8 Å². The van der Waals surface area contributed by atoms with Gasteiger partial charge in [0, 0.05) is 63.4 Å². The summed E-state index contributed by atoms with van der Waals surface area (Å²) in [5, 5.41) is 0. The van der Waals surface area contributed by atoms with Gasteiger partial charge in [0.25, 0.3) is 0 Å². The lowest BCUT2D eigenvalue weighted by atomic mass is 10.0. The van der Waals surface area contributed by atoms with Crippen molar-refractivity contribution >= 4 is 27.0 Å². The van der Waals surface area contributed by atoms with Gasteiger partial charge in [-0.25, -0.2) is 13.1 Å². The zero-order valence-electron chi connectivity index (χ0n) is 17.8. The van der Waals surface area contributed by atoms with Crippen molar-refractivity contribution in [3.05, 3.63) is 46.8 Å². The molecule has 8 heteroatoms. The Balaban J connectivity index is 1.79. The number of rotatable bonds is 8. The summed E-state index contributed by atoms with van der Waals surface area (Å²) in [6.07, 6.45) is 0.850. The number of hydrogen-bond donors (Lipinski definition) is 1. The molecule has 3 rings (SSSR count). The Bertz CT molecular complexity index is 886. The number of sulfonamides is 1. The SMILES string of the molecule is CCc1ccc(S(=O)(=O)NCC(c2ccc(N(C)C)cc2)N2CCN(C)CC2)s1. The van der Waals surface area contributed by atoms with Crippen molar-refractivity contribution in [2.75, 3.05) is 58.8 Å². The maximum atomic E-state index is 12.8. The first kappa shape index (κ1) is 22.2. The van der Waals surface area contributed by atoms with Crippen LogP contribution in [-0.4, -0.2) is 72.1 Å². The smallest absolute Gasteiger partial charge is 0.250 e. The number of anilines is 1. The van der Waals surface area contributed by atoms with Gasteiger partial charge in [-0.1, -0.05) is 19.1 Å². The normalized spacial score (nSPS) is 17.4. The van der Waals surface area contributed by atoms with Crippen LogP contribution in [0.15, 0.2) is 40.6 Å². The van der Waals surface area contributed by atoms with Crippen LogP contribution < -0.4 is 9.62 Å². The van der Waals surface area contributed by atoms with E-state index in [1.807, 2.05) is 27.1 Å². The Labute approximate surface area is 179 Å². The standard InChI is InChI=1S/C21H32N4O2S2/c1-5-19-10-11-21(28-19)29(26,27)22-16-20(25-14-12-24(4)13-15-25)17-6-8-18(9-7-17)23(2)3/h6-11,20,22H,5,12-16H2,1-4H3.